The van der Waals surface area contributed by atoms with Gasteiger partial charge in [0.05, 0.1) is 6.04 Å². The number of aromatic nitrogens is 1. The van der Waals surface area contributed by atoms with Crippen molar-refractivity contribution in [2.24, 2.45) is 0 Å². The number of aromatic amines is 1. The van der Waals surface area contributed by atoms with Gasteiger partial charge in [-0.25, -0.2) is 0 Å². The van der Waals surface area contributed by atoms with Crippen molar-refractivity contribution in [1.29, 1.82) is 0 Å². The third kappa shape index (κ3) is 4.15. The van der Waals surface area contributed by atoms with E-state index in [0.717, 1.165) is 34.2 Å². The number of aryl methyl sites for hydroxylation is 1. The second kappa shape index (κ2) is 8.45. The maximum atomic E-state index is 13.0. The number of thiophene rings is 1. The molecule has 0 fully saturated rings. The molecule has 1 amide bonds. The standard InChI is InChI=1S/C24H22N2O2S/c1-2-6-16-10-12-17(13-11-16)22(21-9-5-14-29-21)26-24(28)19-15-18-7-3-4-8-20(18)25-23(19)27/h3-5,7-15,22H,2,6H2,1H3,(H,25,27)(H,26,28). The van der Waals surface area contributed by atoms with E-state index >= 15 is 0 Å². The van der Waals surface area contributed by atoms with Crippen LogP contribution in [0.5, 0.6) is 0 Å². The van der Waals surface area contributed by atoms with E-state index in [1.807, 2.05) is 41.8 Å². The predicted molar refractivity (Wildman–Crippen MR) is 119 cm³/mol. The van der Waals surface area contributed by atoms with Crippen LogP contribution in [0.2, 0.25) is 0 Å². The quantitative estimate of drug-likeness (QED) is 0.473. The van der Waals surface area contributed by atoms with Crippen LogP contribution in [0.15, 0.2) is 76.9 Å². The zero-order valence-electron chi connectivity index (χ0n) is 16.1. The molecule has 0 aliphatic carbocycles. The van der Waals surface area contributed by atoms with Crippen LogP contribution in [-0.4, -0.2) is 10.9 Å². The van der Waals surface area contributed by atoms with Crippen molar-refractivity contribution in [3.8, 4) is 0 Å². The maximum Gasteiger partial charge on any atom is 0.261 e. The third-order valence-corrected chi connectivity index (χ3v) is 5.89. The highest BCUT2D eigenvalue weighted by molar-refractivity contribution is 7.10. The number of rotatable bonds is 6. The Morgan fingerprint density at radius 2 is 1.86 bits per heavy atom. The van der Waals surface area contributed by atoms with Crippen molar-refractivity contribution >= 4 is 28.1 Å². The summed E-state index contributed by atoms with van der Waals surface area (Å²) in [7, 11) is 0. The number of amides is 1. The number of hydrogen-bond donors (Lipinski definition) is 2. The minimum atomic E-state index is -0.385. The van der Waals surface area contributed by atoms with Gasteiger partial charge < -0.3 is 10.3 Å². The lowest BCUT2D eigenvalue weighted by atomic mass is 10.0. The van der Waals surface area contributed by atoms with Crippen molar-refractivity contribution in [1.82, 2.24) is 10.3 Å². The molecule has 0 aliphatic rings. The first-order valence-corrected chi connectivity index (χ1v) is 10.6. The van der Waals surface area contributed by atoms with E-state index in [2.05, 4.69) is 41.5 Å². The average molecular weight is 403 g/mol. The summed E-state index contributed by atoms with van der Waals surface area (Å²) in [6.07, 6.45) is 2.12. The molecule has 2 N–H and O–H groups in total. The Kier molecular flexibility index (Phi) is 5.58. The number of fused-ring (bicyclic) bond motifs is 1. The van der Waals surface area contributed by atoms with Gasteiger partial charge in [0.1, 0.15) is 5.56 Å². The first-order valence-electron chi connectivity index (χ1n) is 9.71. The fourth-order valence-electron chi connectivity index (χ4n) is 3.46. The molecule has 2 aromatic heterocycles. The number of pyridine rings is 1. The molecular weight excluding hydrogens is 380 g/mol. The minimum Gasteiger partial charge on any atom is -0.340 e. The van der Waals surface area contributed by atoms with Crippen molar-refractivity contribution in [3.05, 3.63) is 104 Å². The average Bonchev–Trinajstić information content (AvgIpc) is 3.27. The monoisotopic (exact) mass is 402 g/mol. The Labute approximate surface area is 173 Å². The second-order valence-corrected chi connectivity index (χ2v) is 7.99. The Balaban J connectivity index is 1.67. The molecule has 0 saturated heterocycles. The zero-order valence-corrected chi connectivity index (χ0v) is 17.0. The number of benzene rings is 2. The number of carbonyl (C=O) groups excluding carboxylic acids is 1. The van der Waals surface area contributed by atoms with Gasteiger partial charge in [0.25, 0.3) is 11.5 Å². The number of carbonyl (C=O) groups is 1. The van der Waals surface area contributed by atoms with Gasteiger partial charge in [-0.1, -0.05) is 61.9 Å². The van der Waals surface area contributed by atoms with Crippen molar-refractivity contribution in [2.45, 2.75) is 25.8 Å². The minimum absolute atomic E-state index is 0.118. The van der Waals surface area contributed by atoms with E-state index < -0.39 is 0 Å². The molecule has 29 heavy (non-hydrogen) atoms. The summed E-state index contributed by atoms with van der Waals surface area (Å²) in [6.45, 7) is 2.16. The van der Waals surface area contributed by atoms with E-state index in [4.69, 9.17) is 0 Å². The summed E-state index contributed by atoms with van der Waals surface area (Å²) in [5, 5.41) is 5.88. The molecule has 1 atom stereocenters. The van der Waals surface area contributed by atoms with Crippen LogP contribution in [0.1, 0.15) is 45.7 Å². The number of nitrogens with one attached hydrogen (secondary N) is 2. The Bertz CT molecular complexity index is 1180. The summed E-state index contributed by atoms with van der Waals surface area (Å²) in [5.41, 5.74) is 2.73. The number of hydrogen-bond acceptors (Lipinski definition) is 3. The summed E-state index contributed by atoms with van der Waals surface area (Å²) >= 11 is 1.58. The maximum absolute atomic E-state index is 13.0. The van der Waals surface area contributed by atoms with Crippen LogP contribution in [0.25, 0.3) is 10.9 Å². The van der Waals surface area contributed by atoms with Gasteiger partial charge in [-0.3, -0.25) is 9.59 Å². The fourth-order valence-corrected chi connectivity index (χ4v) is 4.27. The molecule has 0 spiro atoms. The van der Waals surface area contributed by atoms with E-state index in [0.29, 0.717) is 0 Å². The lowest BCUT2D eigenvalue weighted by molar-refractivity contribution is 0.0942. The van der Waals surface area contributed by atoms with Crippen LogP contribution in [0.3, 0.4) is 0 Å². The third-order valence-electron chi connectivity index (χ3n) is 4.95. The van der Waals surface area contributed by atoms with Crippen molar-refractivity contribution < 1.29 is 4.79 Å². The summed E-state index contributed by atoms with van der Waals surface area (Å²) < 4.78 is 0. The van der Waals surface area contributed by atoms with Crippen LogP contribution in [0, 0.1) is 0 Å². The van der Waals surface area contributed by atoms with Gasteiger partial charge >= 0.3 is 0 Å². The molecule has 0 saturated carbocycles. The number of para-hydroxylation sites is 1. The van der Waals surface area contributed by atoms with Crippen LogP contribution in [-0.2, 0) is 6.42 Å². The Morgan fingerprint density at radius 1 is 1.07 bits per heavy atom. The molecule has 0 bridgehead atoms. The molecular formula is C24H22N2O2S. The normalized spacial score (nSPS) is 12.0. The van der Waals surface area contributed by atoms with Gasteiger partial charge in [0.15, 0.2) is 0 Å². The Morgan fingerprint density at radius 3 is 2.59 bits per heavy atom. The molecule has 146 valence electrons. The lowest BCUT2D eigenvalue weighted by Gasteiger charge is -2.18. The van der Waals surface area contributed by atoms with Gasteiger partial charge in [-0.15, -0.1) is 11.3 Å². The van der Waals surface area contributed by atoms with Gasteiger partial charge in [-0.05, 0) is 46.5 Å². The number of H-pyrrole nitrogens is 1. The molecule has 4 aromatic rings. The topological polar surface area (TPSA) is 62.0 Å². The largest absolute Gasteiger partial charge is 0.340 e. The molecule has 0 radical (unpaired) electrons. The highest BCUT2D eigenvalue weighted by atomic mass is 32.1. The van der Waals surface area contributed by atoms with Crippen LogP contribution < -0.4 is 10.9 Å². The van der Waals surface area contributed by atoms with Crippen molar-refractivity contribution in [2.75, 3.05) is 0 Å². The van der Waals surface area contributed by atoms with E-state index in [9.17, 15) is 9.59 Å². The molecule has 2 heterocycles. The molecule has 0 aliphatic heterocycles. The van der Waals surface area contributed by atoms with Crippen LogP contribution in [0.4, 0.5) is 0 Å². The van der Waals surface area contributed by atoms with E-state index in [1.165, 1.54) is 5.56 Å². The first kappa shape index (κ1) is 19.2. The molecule has 2 aromatic carbocycles. The molecule has 5 heteroatoms. The van der Waals surface area contributed by atoms with Crippen molar-refractivity contribution in [3.63, 3.8) is 0 Å². The highest BCUT2D eigenvalue weighted by Gasteiger charge is 2.21. The predicted octanol–water partition coefficient (Wildman–Crippen LogP) is 5.06. The van der Waals surface area contributed by atoms with E-state index in [-0.39, 0.29) is 23.1 Å². The SMILES string of the molecule is CCCc1ccc(C(NC(=O)c2cc3ccccc3[nH]c2=O)c2cccs2)cc1. The molecule has 1 unspecified atom stereocenters. The lowest BCUT2D eigenvalue weighted by Crippen LogP contribution is -2.33. The summed E-state index contributed by atoms with van der Waals surface area (Å²) in [4.78, 5) is 29.3. The Hall–Kier alpha value is -3.18. The first-order chi connectivity index (χ1) is 14.2. The van der Waals surface area contributed by atoms with Gasteiger partial charge in [0, 0.05) is 10.4 Å². The van der Waals surface area contributed by atoms with Gasteiger partial charge in [0.2, 0.25) is 0 Å². The van der Waals surface area contributed by atoms with Gasteiger partial charge in [-0.2, -0.15) is 0 Å². The second-order valence-electron chi connectivity index (χ2n) is 7.01. The highest BCUT2D eigenvalue weighted by Crippen LogP contribution is 2.27. The summed E-state index contributed by atoms with van der Waals surface area (Å²) in [6, 6.07) is 21.1. The summed E-state index contributed by atoms with van der Waals surface area (Å²) in [5.74, 6) is -0.381. The molecule has 4 nitrogen and oxygen atoms in total. The smallest absolute Gasteiger partial charge is 0.261 e. The van der Waals surface area contributed by atoms with E-state index in [1.54, 1.807) is 17.4 Å². The molecule has 4 rings (SSSR count). The van der Waals surface area contributed by atoms with Crippen LogP contribution >= 0.6 is 11.3 Å². The fraction of sp³-hybridized carbons (Fsp3) is 0.167. The zero-order chi connectivity index (χ0) is 20.2.